The fourth-order valence-electron chi connectivity index (χ4n) is 3.00. The highest BCUT2D eigenvalue weighted by molar-refractivity contribution is 7.17. The number of aromatic nitrogens is 1. The van der Waals surface area contributed by atoms with E-state index in [1.165, 1.54) is 12.4 Å². The number of alkyl halides is 6. The summed E-state index contributed by atoms with van der Waals surface area (Å²) in [4.78, 5) is 27.6. The lowest BCUT2D eigenvalue weighted by atomic mass is 9.89. The predicted molar refractivity (Wildman–Crippen MR) is 102 cm³/mol. The van der Waals surface area contributed by atoms with Gasteiger partial charge in [-0.05, 0) is 0 Å². The zero-order valence-corrected chi connectivity index (χ0v) is 17.6. The molecule has 2 aromatic heterocycles. The van der Waals surface area contributed by atoms with Crippen molar-refractivity contribution in [2.24, 2.45) is 0 Å². The maximum atomic E-state index is 13.5. The van der Waals surface area contributed by atoms with E-state index in [9.17, 15) is 35.9 Å². The summed E-state index contributed by atoms with van der Waals surface area (Å²) >= 11 is 0.743. The monoisotopic (exact) mass is 501 g/mol. The number of hydrogen-bond acceptors (Lipinski definition) is 7. The molecule has 8 nitrogen and oxygen atoms in total. The van der Waals surface area contributed by atoms with Crippen molar-refractivity contribution in [3.05, 3.63) is 22.6 Å². The van der Waals surface area contributed by atoms with E-state index in [1.807, 2.05) is 0 Å². The Morgan fingerprint density at radius 3 is 2.48 bits per heavy atom. The highest BCUT2D eigenvalue weighted by Crippen LogP contribution is 2.40. The first-order valence-corrected chi connectivity index (χ1v) is 10.3. The van der Waals surface area contributed by atoms with Crippen LogP contribution in [0.4, 0.5) is 31.1 Å². The standard InChI is InChI=1S/C18H17F6N3O5S/c1-25-15(28)10-7-33-14-11(17(19,20)21)6-12(27-13(10)14)32-9-4-8(5-9)26-16(29)30-2-3-31-18(22,23)24/h6-9H,2-5H2,1H3,(H,25,28)(H,26,29). The molecule has 0 aromatic carbocycles. The van der Waals surface area contributed by atoms with E-state index < -0.39 is 55.5 Å². The van der Waals surface area contributed by atoms with Crippen molar-refractivity contribution >= 4 is 33.6 Å². The number of carbonyl (C=O) groups excluding carboxylic acids is 2. The summed E-state index contributed by atoms with van der Waals surface area (Å²) < 4.78 is 89.4. The molecule has 33 heavy (non-hydrogen) atoms. The van der Waals surface area contributed by atoms with Gasteiger partial charge in [-0.2, -0.15) is 13.2 Å². The summed E-state index contributed by atoms with van der Waals surface area (Å²) in [6.45, 7) is -1.47. The number of carbonyl (C=O) groups is 2. The Morgan fingerprint density at radius 2 is 1.88 bits per heavy atom. The van der Waals surface area contributed by atoms with Crippen molar-refractivity contribution in [3.8, 4) is 5.88 Å². The van der Waals surface area contributed by atoms with Crippen LogP contribution >= 0.6 is 11.3 Å². The molecule has 182 valence electrons. The van der Waals surface area contributed by atoms with Crippen LogP contribution in [0.2, 0.25) is 0 Å². The molecule has 0 bridgehead atoms. The lowest BCUT2D eigenvalue weighted by molar-refractivity contribution is -0.326. The van der Waals surface area contributed by atoms with Crippen molar-refractivity contribution in [1.82, 2.24) is 15.6 Å². The predicted octanol–water partition coefficient (Wildman–Crippen LogP) is 3.85. The van der Waals surface area contributed by atoms with Crippen molar-refractivity contribution < 1.29 is 50.1 Å². The van der Waals surface area contributed by atoms with E-state index in [2.05, 4.69) is 25.1 Å². The fraction of sp³-hybridized carbons (Fsp3) is 0.500. The smallest absolute Gasteiger partial charge is 0.474 e. The van der Waals surface area contributed by atoms with Gasteiger partial charge >= 0.3 is 18.6 Å². The third kappa shape index (κ3) is 6.37. The lowest BCUT2D eigenvalue weighted by Gasteiger charge is -2.35. The second-order valence-electron chi connectivity index (χ2n) is 6.89. The van der Waals surface area contributed by atoms with Crippen LogP contribution in [-0.2, 0) is 15.7 Å². The van der Waals surface area contributed by atoms with Gasteiger partial charge in [-0.15, -0.1) is 24.5 Å². The minimum Gasteiger partial charge on any atom is -0.474 e. The van der Waals surface area contributed by atoms with Crippen molar-refractivity contribution in [2.75, 3.05) is 20.3 Å². The first kappa shape index (κ1) is 24.8. The minimum atomic E-state index is -4.83. The number of rotatable bonds is 7. The second kappa shape index (κ2) is 9.59. The van der Waals surface area contributed by atoms with E-state index in [1.54, 1.807) is 0 Å². The van der Waals surface area contributed by atoms with E-state index in [0.29, 0.717) is 0 Å². The summed E-state index contributed by atoms with van der Waals surface area (Å²) in [5.41, 5.74) is -1.14. The number of amides is 2. The number of ether oxygens (including phenoxy) is 3. The number of alkyl carbamates (subject to hydrolysis) is 1. The number of hydrogen-bond donors (Lipinski definition) is 2. The van der Waals surface area contributed by atoms with Gasteiger partial charge < -0.3 is 20.1 Å². The maximum Gasteiger partial charge on any atom is 0.522 e. The first-order valence-electron chi connectivity index (χ1n) is 9.39. The molecular formula is C18H17F6N3O5S. The Hall–Kier alpha value is -2.81. The van der Waals surface area contributed by atoms with Crippen LogP contribution in [0.15, 0.2) is 11.4 Å². The number of pyridine rings is 1. The molecule has 2 aromatic rings. The molecule has 0 saturated heterocycles. The van der Waals surface area contributed by atoms with Gasteiger partial charge in [0.2, 0.25) is 5.88 Å². The zero-order chi connectivity index (χ0) is 24.4. The molecule has 0 unspecified atom stereocenters. The normalized spacial score (nSPS) is 18.5. The summed E-state index contributed by atoms with van der Waals surface area (Å²) in [5, 5.41) is 6.01. The van der Waals surface area contributed by atoms with Gasteiger partial charge in [0, 0.05) is 37.4 Å². The zero-order valence-electron chi connectivity index (χ0n) is 16.8. The number of fused-ring (bicyclic) bond motifs is 1. The average molecular weight is 501 g/mol. The number of halogens is 6. The summed E-state index contributed by atoms with van der Waals surface area (Å²) in [6, 6.07) is 0.307. The minimum absolute atomic E-state index is 0.0150. The molecule has 0 spiro atoms. The number of nitrogens with one attached hydrogen (secondary N) is 2. The van der Waals surface area contributed by atoms with E-state index in [4.69, 9.17) is 4.74 Å². The molecule has 1 aliphatic carbocycles. The van der Waals surface area contributed by atoms with Crippen LogP contribution in [0.5, 0.6) is 5.88 Å². The molecule has 1 aliphatic rings. The maximum absolute atomic E-state index is 13.5. The van der Waals surface area contributed by atoms with Crippen LogP contribution in [0.25, 0.3) is 10.2 Å². The van der Waals surface area contributed by atoms with E-state index in [-0.39, 0.29) is 34.5 Å². The highest BCUT2D eigenvalue weighted by Gasteiger charge is 2.37. The van der Waals surface area contributed by atoms with Crippen LogP contribution in [-0.4, -0.2) is 55.8 Å². The summed E-state index contributed by atoms with van der Waals surface area (Å²) in [7, 11) is 1.34. The molecule has 0 aliphatic heterocycles. The van der Waals surface area contributed by atoms with Gasteiger partial charge in [-0.25, -0.2) is 9.78 Å². The largest absolute Gasteiger partial charge is 0.522 e. The molecule has 3 rings (SSSR count). The Balaban J connectivity index is 1.58. The Kier molecular flexibility index (Phi) is 7.21. The quantitative estimate of drug-likeness (QED) is 0.442. The molecular weight excluding hydrogens is 484 g/mol. The van der Waals surface area contributed by atoms with Gasteiger partial charge in [0.1, 0.15) is 12.7 Å². The number of thiophene rings is 1. The van der Waals surface area contributed by atoms with E-state index in [0.717, 1.165) is 17.4 Å². The third-order valence-electron chi connectivity index (χ3n) is 4.56. The molecule has 0 atom stereocenters. The molecule has 1 saturated carbocycles. The first-order chi connectivity index (χ1) is 15.4. The van der Waals surface area contributed by atoms with Crippen molar-refractivity contribution in [3.63, 3.8) is 0 Å². The van der Waals surface area contributed by atoms with Crippen LogP contribution in [0.1, 0.15) is 28.8 Å². The van der Waals surface area contributed by atoms with Crippen molar-refractivity contribution in [2.45, 2.75) is 37.5 Å². The molecule has 15 heteroatoms. The van der Waals surface area contributed by atoms with Crippen LogP contribution < -0.4 is 15.4 Å². The topological polar surface area (TPSA) is 98.8 Å². The van der Waals surface area contributed by atoms with Crippen LogP contribution in [0.3, 0.4) is 0 Å². The average Bonchev–Trinajstić information content (AvgIpc) is 3.10. The number of nitrogens with zero attached hydrogens (tertiary/aromatic N) is 1. The summed E-state index contributed by atoms with van der Waals surface area (Å²) in [5.74, 6) is -0.917. The Labute approximate surface area is 186 Å². The second-order valence-corrected chi connectivity index (χ2v) is 7.77. The molecule has 2 heterocycles. The SMILES string of the molecule is CNC(=O)c1csc2c(C(F)(F)F)cc(OC3CC(NC(=O)OCCOC(F)(F)F)C3)nc12. The lowest BCUT2D eigenvalue weighted by Crippen LogP contribution is -2.49. The fourth-order valence-corrected chi connectivity index (χ4v) is 4.03. The van der Waals surface area contributed by atoms with Gasteiger partial charge in [-0.1, -0.05) is 0 Å². The van der Waals surface area contributed by atoms with Gasteiger partial charge in [0.25, 0.3) is 5.91 Å². The van der Waals surface area contributed by atoms with Gasteiger partial charge in [0.05, 0.1) is 28.0 Å². The molecule has 2 N–H and O–H groups in total. The Bertz CT molecular complexity index is 1020. The van der Waals surface area contributed by atoms with E-state index >= 15 is 0 Å². The van der Waals surface area contributed by atoms with Gasteiger partial charge in [-0.3, -0.25) is 9.53 Å². The van der Waals surface area contributed by atoms with Crippen molar-refractivity contribution in [1.29, 1.82) is 0 Å². The van der Waals surface area contributed by atoms with Gasteiger partial charge in [0.15, 0.2) is 0 Å². The molecule has 0 radical (unpaired) electrons. The molecule has 1 fully saturated rings. The third-order valence-corrected chi connectivity index (χ3v) is 5.57. The molecule has 2 amide bonds. The Morgan fingerprint density at radius 1 is 1.18 bits per heavy atom. The van der Waals surface area contributed by atoms with Crippen LogP contribution in [0, 0.1) is 0 Å². The highest BCUT2D eigenvalue weighted by atomic mass is 32.1. The summed E-state index contributed by atoms with van der Waals surface area (Å²) in [6.07, 6.45) is -10.6.